The lowest BCUT2D eigenvalue weighted by Gasteiger charge is -2.22. The van der Waals surface area contributed by atoms with E-state index < -0.39 is 0 Å². The minimum atomic E-state index is -0.270. The Kier molecular flexibility index (Phi) is 4.78. The molecule has 76 valence electrons. The SMILES string of the molecule is COCC(=O)OC[C@@H]1CCCNC1. The molecule has 0 bridgehead atoms. The van der Waals surface area contributed by atoms with E-state index in [0.29, 0.717) is 12.5 Å². The Morgan fingerprint density at radius 1 is 1.62 bits per heavy atom. The van der Waals surface area contributed by atoms with Crippen LogP contribution in [0.3, 0.4) is 0 Å². The van der Waals surface area contributed by atoms with Gasteiger partial charge in [-0.3, -0.25) is 0 Å². The van der Waals surface area contributed by atoms with Crippen molar-refractivity contribution in [2.75, 3.05) is 33.4 Å². The Balaban J connectivity index is 2.06. The Bertz CT molecular complexity index is 155. The van der Waals surface area contributed by atoms with Gasteiger partial charge < -0.3 is 14.8 Å². The first-order valence-electron chi connectivity index (χ1n) is 4.68. The zero-order chi connectivity index (χ0) is 9.52. The van der Waals surface area contributed by atoms with Crippen LogP contribution in [-0.2, 0) is 14.3 Å². The van der Waals surface area contributed by atoms with Crippen molar-refractivity contribution in [3.05, 3.63) is 0 Å². The summed E-state index contributed by atoms with van der Waals surface area (Å²) in [6.07, 6.45) is 2.32. The average Bonchev–Trinajstić information content (AvgIpc) is 2.17. The van der Waals surface area contributed by atoms with Crippen LogP contribution in [0.15, 0.2) is 0 Å². The number of nitrogens with one attached hydrogen (secondary N) is 1. The van der Waals surface area contributed by atoms with Crippen molar-refractivity contribution >= 4 is 5.97 Å². The first kappa shape index (κ1) is 10.5. The van der Waals surface area contributed by atoms with Gasteiger partial charge in [0.25, 0.3) is 0 Å². The van der Waals surface area contributed by atoms with Gasteiger partial charge in [0.05, 0.1) is 6.61 Å². The van der Waals surface area contributed by atoms with Crippen LogP contribution in [0.4, 0.5) is 0 Å². The summed E-state index contributed by atoms with van der Waals surface area (Å²) in [5.74, 6) is 0.211. The van der Waals surface area contributed by atoms with E-state index in [1.54, 1.807) is 0 Å². The van der Waals surface area contributed by atoms with E-state index >= 15 is 0 Å². The van der Waals surface area contributed by atoms with Crippen molar-refractivity contribution in [1.82, 2.24) is 5.32 Å². The fourth-order valence-electron chi connectivity index (χ4n) is 1.44. The molecule has 1 heterocycles. The molecule has 0 aromatic heterocycles. The second-order valence-corrected chi connectivity index (χ2v) is 3.33. The van der Waals surface area contributed by atoms with Gasteiger partial charge in [0.1, 0.15) is 6.61 Å². The molecule has 4 heteroatoms. The molecule has 1 aliphatic rings. The third-order valence-electron chi connectivity index (χ3n) is 2.14. The van der Waals surface area contributed by atoms with E-state index in [-0.39, 0.29) is 12.6 Å². The van der Waals surface area contributed by atoms with Crippen molar-refractivity contribution in [1.29, 1.82) is 0 Å². The van der Waals surface area contributed by atoms with Crippen LogP contribution < -0.4 is 5.32 Å². The molecule has 1 aliphatic heterocycles. The molecule has 0 radical (unpaired) electrons. The summed E-state index contributed by atoms with van der Waals surface area (Å²) in [4.78, 5) is 10.9. The van der Waals surface area contributed by atoms with Gasteiger partial charge in [-0.25, -0.2) is 4.79 Å². The smallest absolute Gasteiger partial charge is 0.332 e. The third kappa shape index (κ3) is 4.24. The minimum Gasteiger partial charge on any atom is -0.464 e. The molecule has 0 aromatic rings. The maximum Gasteiger partial charge on any atom is 0.332 e. The minimum absolute atomic E-state index is 0.0557. The van der Waals surface area contributed by atoms with E-state index in [1.807, 2.05) is 0 Å². The molecule has 0 saturated carbocycles. The van der Waals surface area contributed by atoms with Crippen LogP contribution in [0.1, 0.15) is 12.8 Å². The zero-order valence-corrected chi connectivity index (χ0v) is 8.04. The molecule has 1 rings (SSSR count). The average molecular weight is 187 g/mol. The van der Waals surface area contributed by atoms with E-state index in [2.05, 4.69) is 10.1 Å². The maximum absolute atomic E-state index is 10.9. The van der Waals surface area contributed by atoms with Crippen LogP contribution in [-0.4, -0.2) is 39.4 Å². The van der Waals surface area contributed by atoms with Crippen molar-refractivity contribution < 1.29 is 14.3 Å². The van der Waals surface area contributed by atoms with E-state index in [9.17, 15) is 4.79 Å². The molecule has 1 saturated heterocycles. The molecule has 0 unspecified atom stereocenters. The fourth-order valence-corrected chi connectivity index (χ4v) is 1.44. The topological polar surface area (TPSA) is 47.6 Å². The predicted molar refractivity (Wildman–Crippen MR) is 48.4 cm³/mol. The van der Waals surface area contributed by atoms with Crippen LogP contribution >= 0.6 is 0 Å². The third-order valence-corrected chi connectivity index (χ3v) is 2.14. The summed E-state index contributed by atoms with van der Waals surface area (Å²) in [7, 11) is 1.49. The van der Waals surface area contributed by atoms with Crippen molar-refractivity contribution in [2.24, 2.45) is 5.92 Å². The standard InChI is InChI=1S/C9H17NO3/c1-12-7-9(11)13-6-8-3-2-4-10-5-8/h8,10H,2-7H2,1H3/t8-/m1/s1. The Morgan fingerprint density at radius 2 is 2.46 bits per heavy atom. The van der Waals surface area contributed by atoms with Gasteiger partial charge in [-0.2, -0.15) is 0 Å². The number of methoxy groups -OCH3 is 1. The van der Waals surface area contributed by atoms with Crippen molar-refractivity contribution in [2.45, 2.75) is 12.8 Å². The van der Waals surface area contributed by atoms with E-state index in [0.717, 1.165) is 19.5 Å². The molecule has 1 atom stereocenters. The largest absolute Gasteiger partial charge is 0.464 e. The number of ether oxygens (including phenoxy) is 2. The Hall–Kier alpha value is -0.610. The number of carbonyl (C=O) groups excluding carboxylic acids is 1. The van der Waals surface area contributed by atoms with Gasteiger partial charge >= 0.3 is 5.97 Å². The van der Waals surface area contributed by atoms with Gasteiger partial charge in [-0.15, -0.1) is 0 Å². The number of rotatable bonds is 4. The van der Waals surface area contributed by atoms with Gasteiger partial charge in [-0.05, 0) is 19.4 Å². The first-order chi connectivity index (χ1) is 6.33. The zero-order valence-electron chi connectivity index (χ0n) is 8.04. The quantitative estimate of drug-likeness (QED) is 0.638. The molecule has 1 N–H and O–H groups in total. The summed E-state index contributed by atoms with van der Waals surface area (Å²) in [6, 6.07) is 0. The van der Waals surface area contributed by atoms with E-state index in [4.69, 9.17) is 4.74 Å². The maximum atomic E-state index is 10.9. The Labute approximate surface area is 78.6 Å². The number of hydrogen-bond donors (Lipinski definition) is 1. The second kappa shape index (κ2) is 5.94. The summed E-state index contributed by atoms with van der Waals surface area (Å²) in [5.41, 5.74) is 0. The number of hydrogen-bond acceptors (Lipinski definition) is 4. The van der Waals surface area contributed by atoms with Crippen molar-refractivity contribution in [3.63, 3.8) is 0 Å². The summed E-state index contributed by atoms with van der Waals surface area (Å²) >= 11 is 0. The van der Waals surface area contributed by atoms with Crippen LogP contribution in [0.2, 0.25) is 0 Å². The Morgan fingerprint density at radius 3 is 3.08 bits per heavy atom. The van der Waals surface area contributed by atoms with Crippen LogP contribution in [0.5, 0.6) is 0 Å². The molecular formula is C9H17NO3. The van der Waals surface area contributed by atoms with Gasteiger partial charge in [0.15, 0.2) is 0 Å². The second-order valence-electron chi connectivity index (χ2n) is 3.33. The number of esters is 1. The number of piperidine rings is 1. The highest BCUT2D eigenvalue weighted by atomic mass is 16.6. The predicted octanol–water partition coefficient (Wildman–Crippen LogP) is 0.176. The lowest BCUT2D eigenvalue weighted by Crippen LogP contribution is -2.33. The highest BCUT2D eigenvalue weighted by molar-refractivity contribution is 5.70. The lowest BCUT2D eigenvalue weighted by atomic mass is 10.0. The molecule has 0 spiro atoms. The molecule has 0 aliphatic carbocycles. The molecule has 13 heavy (non-hydrogen) atoms. The van der Waals surface area contributed by atoms with Gasteiger partial charge in [0, 0.05) is 19.6 Å². The van der Waals surface area contributed by atoms with Gasteiger partial charge in [-0.1, -0.05) is 0 Å². The normalized spacial score (nSPS) is 22.7. The van der Waals surface area contributed by atoms with Crippen LogP contribution in [0, 0.1) is 5.92 Å². The lowest BCUT2D eigenvalue weighted by molar-refractivity contribution is -0.149. The molecule has 0 amide bonds. The molecule has 1 fully saturated rings. The highest BCUT2D eigenvalue weighted by Gasteiger charge is 2.14. The monoisotopic (exact) mass is 187 g/mol. The molecule has 4 nitrogen and oxygen atoms in total. The highest BCUT2D eigenvalue weighted by Crippen LogP contribution is 2.09. The van der Waals surface area contributed by atoms with Crippen molar-refractivity contribution in [3.8, 4) is 0 Å². The first-order valence-corrected chi connectivity index (χ1v) is 4.68. The fraction of sp³-hybridized carbons (Fsp3) is 0.889. The summed E-state index contributed by atoms with van der Waals surface area (Å²) in [5, 5.41) is 3.27. The summed E-state index contributed by atoms with van der Waals surface area (Å²) in [6.45, 7) is 2.62. The number of carbonyl (C=O) groups is 1. The van der Waals surface area contributed by atoms with Gasteiger partial charge in [0.2, 0.25) is 0 Å². The molecule has 0 aromatic carbocycles. The van der Waals surface area contributed by atoms with Crippen LogP contribution in [0.25, 0.3) is 0 Å². The van der Waals surface area contributed by atoms with E-state index in [1.165, 1.54) is 13.5 Å². The summed E-state index contributed by atoms with van der Waals surface area (Å²) < 4.78 is 9.67. The molecular weight excluding hydrogens is 170 g/mol.